The van der Waals surface area contributed by atoms with Crippen molar-refractivity contribution in [3.8, 4) is 6.07 Å². The van der Waals surface area contributed by atoms with E-state index in [4.69, 9.17) is 23.2 Å². The van der Waals surface area contributed by atoms with Crippen LogP contribution in [0.15, 0.2) is 43.0 Å². The van der Waals surface area contributed by atoms with Crippen LogP contribution in [-0.2, 0) is 11.0 Å². The maximum absolute atomic E-state index is 13.4. The summed E-state index contributed by atoms with van der Waals surface area (Å²) in [7, 11) is 0. The first kappa shape index (κ1) is 22.3. The zero-order chi connectivity index (χ0) is 23.3. The van der Waals surface area contributed by atoms with Crippen molar-refractivity contribution < 1.29 is 18.0 Å². The van der Waals surface area contributed by atoms with Gasteiger partial charge in [-0.3, -0.25) is 9.69 Å². The van der Waals surface area contributed by atoms with E-state index in [9.17, 15) is 18.0 Å². The van der Waals surface area contributed by atoms with Crippen molar-refractivity contribution in [3.05, 3.63) is 65.2 Å². The monoisotopic (exact) mass is 444 g/mol. The third-order valence-corrected chi connectivity index (χ3v) is 5.53. The number of nitriles is 1. The fourth-order valence-corrected chi connectivity index (χ4v) is 4.13. The first-order valence-electron chi connectivity index (χ1n) is 9.16. The molecule has 1 aliphatic rings. The van der Waals surface area contributed by atoms with Gasteiger partial charge >= 0.3 is 6.18 Å². The molecular weight excluding hydrogens is 425 g/mol. The summed E-state index contributed by atoms with van der Waals surface area (Å²) in [6.07, 6.45) is -4.75. The number of rotatable bonds is 3. The van der Waals surface area contributed by atoms with Crippen LogP contribution in [-0.4, -0.2) is 16.6 Å². The molecule has 2 aromatic rings. The number of hydrogen-bond acceptors (Lipinski definition) is 4. The first-order chi connectivity index (χ1) is 14.3. The number of nitrogens with zero attached hydrogens (tertiary/aromatic N) is 3. The summed E-state index contributed by atoms with van der Waals surface area (Å²) in [5, 5.41) is 9.06. The van der Waals surface area contributed by atoms with Crippen LogP contribution in [0.25, 0.3) is 5.70 Å². The summed E-state index contributed by atoms with van der Waals surface area (Å²) in [5.74, 6) is -0.486. The summed E-state index contributed by atoms with van der Waals surface area (Å²) >= 11 is 5.52. The van der Waals surface area contributed by atoms with Crippen molar-refractivity contribution in [2.45, 2.75) is 32.5 Å². The van der Waals surface area contributed by atoms with E-state index < -0.39 is 28.7 Å². The van der Waals surface area contributed by atoms with E-state index >= 15 is 0 Å². The molecule has 3 rings (SSSR count). The number of aryl methyl sites for hydroxylation is 1. The van der Waals surface area contributed by atoms with Crippen molar-refractivity contribution >= 4 is 40.3 Å². The predicted octanol–water partition coefficient (Wildman–Crippen LogP) is 4.73. The van der Waals surface area contributed by atoms with Crippen LogP contribution in [0.3, 0.4) is 0 Å². The number of thiocarbonyl (C=S) groups is 1. The third-order valence-electron chi connectivity index (χ3n) is 5.17. The van der Waals surface area contributed by atoms with Crippen LogP contribution in [0, 0.1) is 18.3 Å². The van der Waals surface area contributed by atoms with E-state index in [1.165, 1.54) is 12.1 Å². The second-order valence-electron chi connectivity index (χ2n) is 7.68. The summed E-state index contributed by atoms with van der Waals surface area (Å²) in [5.41, 5.74) is 5.46. The van der Waals surface area contributed by atoms with E-state index in [1.54, 1.807) is 36.9 Å². The molecule has 0 aliphatic carbocycles. The lowest BCUT2D eigenvalue weighted by Crippen LogP contribution is -2.44. The number of anilines is 2. The molecule has 160 valence electrons. The Balaban J connectivity index is 2.12. The highest BCUT2D eigenvalue weighted by atomic mass is 32.1. The highest BCUT2D eigenvalue weighted by molar-refractivity contribution is 7.81. The average Bonchev–Trinajstić information content (AvgIpc) is 2.84. The lowest BCUT2D eigenvalue weighted by molar-refractivity contribution is -0.137. The molecule has 1 heterocycles. The van der Waals surface area contributed by atoms with E-state index in [0.717, 1.165) is 28.2 Å². The van der Waals surface area contributed by atoms with Crippen molar-refractivity contribution in [1.29, 1.82) is 5.26 Å². The fraction of sp³-hybridized carbons (Fsp3) is 0.227. The van der Waals surface area contributed by atoms with Gasteiger partial charge in [-0.25, -0.2) is 0 Å². The standard InChI is InChI=1S/C22H19F3N4OS/c1-12-9-16(7-8-17(12)13(2)27)29-20(31)28(19(30)21(29,3)4)15-6-5-14(11-26)18(10-15)22(23,24)25/h5-10H,2,27H2,1,3-4H3. The fourth-order valence-electron chi connectivity index (χ4n) is 3.61. The van der Waals surface area contributed by atoms with Gasteiger partial charge in [0.1, 0.15) is 5.54 Å². The van der Waals surface area contributed by atoms with Gasteiger partial charge in [-0.05, 0) is 74.4 Å². The molecule has 2 aromatic carbocycles. The van der Waals surface area contributed by atoms with Crippen molar-refractivity contribution in [2.24, 2.45) is 5.73 Å². The molecule has 0 saturated carbocycles. The predicted molar refractivity (Wildman–Crippen MR) is 117 cm³/mol. The number of carbonyl (C=O) groups is 1. The van der Waals surface area contributed by atoms with Gasteiger partial charge in [-0.2, -0.15) is 18.4 Å². The topological polar surface area (TPSA) is 73.4 Å². The minimum absolute atomic E-state index is 0.0338. The van der Waals surface area contributed by atoms with Crippen LogP contribution >= 0.6 is 12.2 Å². The molecule has 1 amide bonds. The van der Waals surface area contributed by atoms with Gasteiger partial charge in [0, 0.05) is 11.4 Å². The molecular formula is C22H19F3N4OS. The zero-order valence-electron chi connectivity index (χ0n) is 17.0. The van der Waals surface area contributed by atoms with Crippen molar-refractivity contribution in [2.75, 3.05) is 9.80 Å². The van der Waals surface area contributed by atoms with Crippen molar-refractivity contribution in [3.63, 3.8) is 0 Å². The SMILES string of the molecule is C=C(N)c1ccc(N2C(=S)N(c3ccc(C#N)c(C(F)(F)F)c3)C(=O)C2(C)C)cc1C. The maximum atomic E-state index is 13.4. The minimum atomic E-state index is -4.75. The molecule has 1 aliphatic heterocycles. The highest BCUT2D eigenvalue weighted by Crippen LogP contribution is 2.40. The maximum Gasteiger partial charge on any atom is 0.417 e. The average molecular weight is 444 g/mol. The summed E-state index contributed by atoms with van der Waals surface area (Å²) in [6, 6.07) is 9.89. The minimum Gasteiger partial charge on any atom is -0.399 e. The molecule has 5 nitrogen and oxygen atoms in total. The molecule has 0 aromatic heterocycles. The van der Waals surface area contributed by atoms with Crippen LogP contribution < -0.4 is 15.5 Å². The molecule has 0 atom stereocenters. The van der Waals surface area contributed by atoms with Gasteiger partial charge in [0.05, 0.1) is 22.9 Å². The number of carbonyl (C=O) groups excluding carboxylic acids is 1. The van der Waals surface area contributed by atoms with Gasteiger partial charge in [-0.1, -0.05) is 12.6 Å². The largest absolute Gasteiger partial charge is 0.417 e. The van der Waals surface area contributed by atoms with Crippen LogP contribution in [0.1, 0.15) is 36.1 Å². The Bertz CT molecular complexity index is 1160. The lowest BCUT2D eigenvalue weighted by atomic mass is 10.0. The van der Waals surface area contributed by atoms with Gasteiger partial charge in [0.2, 0.25) is 0 Å². The molecule has 0 unspecified atom stereocenters. The van der Waals surface area contributed by atoms with Gasteiger partial charge in [0.15, 0.2) is 5.11 Å². The second-order valence-corrected chi connectivity index (χ2v) is 8.05. The molecule has 0 spiro atoms. The Hall–Kier alpha value is -3.38. The van der Waals surface area contributed by atoms with Gasteiger partial charge < -0.3 is 10.6 Å². The zero-order valence-corrected chi connectivity index (χ0v) is 17.9. The third kappa shape index (κ3) is 3.64. The Kier molecular flexibility index (Phi) is 5.32. The number of alkyl halides is 3. The number of nitrogens with two attached hydrogens (primary N) is 1. The van der Waals surface area contributed by atoms with E-state index in [1.807, 2.05) is 6.92 Å². The Morgan fingerprint density at radius 2 is 1.81 bits per heavy atom. The summed E-state index contributed by atoms with van der Waals surface area (Å²) in [4.78, 5) is 15.9. The highest BCUT2D eigenvalue weighted by Gasteiger charge is 2.50. The number of halogens is 3. The number of hydrogen-bond donors (Lipinski definition) is 1. The van der Waals surface area contributed by atoms with Gasteiger partial charge in [0.25, 0.3) is 5.91 Å². The molecule has 1 fully saturated rings. The molecule has 31 heavy (non-hydrogen) atoms. The normalized spacial score (nSPS) is 15.9. The van der Waals surface area contributed by atoms with Crippen LogP contribution in [0.2, 0.25) is 0 Å². The summed E-state index contributed by atoms with van der Waals surface area (Å²) < 4.78 is 40.3. The number of benzene rings is 2. The molecule has 1 saturated heterocycles. The van der Waals surface area contributed by atoms with Gasteiger partial charge in [-0.15, -0.1) is 0 Å². The summed E-state index contributed by atoms with van der Waals surface area (Å²) in [6.45, 7) is 8.84. The second kappa shape index (κ2) is 7.39. The Morgan fingerprint density at radius 3 is 2.32 bits per heavy atom. The smallest absolute Gasteiger partial charge is 0.399 e. The Morgan fingerprint density at radius 1 is 1.19 bits per heavy atom. The quantitative estimate of drug-likeness (QED) is 0.693. The Labute approximate surface area is 183 Å². The molecule has 9 heteroatoms. The molecule has 0 radical (unpaired) electrons. The lowest BCUT2D eigenvalue weighted by Gasteiger charge is -2.30. The van der Waals surface area contributed by atoms with Crippen LogP contribution in [0.5, 0.6) is 0 Å². The number of amides is 1. The van der Waals surface area contributed by atoms with E-state index in [-0.39, 0.29) is 10.8 Å². The molecule has 2 N–H and O–H groups in total. The van der Waals surface area contributed by atoms with E-state index in [2.05, 4.69) is 6.58 Å². The van der Waals surface area contributed by atoms with E-state index in [0.29, 0.717) is 11.4 Å². The van der Waals surface area contributed by atoms with Crippen LogP contribution in [0.4, 0.5) is 24.5 Å². The first-order valence-corrected chi connectivity index (χ1v) is 9.57. The molecule has 0 bridgehead atoms. The van der Waals surface area contributed by atoms with Crippen molar-refractivity contribution in [1.82, 2.24) is 0 Å².